The maximum atomic E-state index is 12.4. The highest BCUT2D eigenvalue weighted by Gasteiger charge is 2.59. The van der Waals surface area contributed by atoms with Gasteiger partial charge in [-0.15, -0.1) is 0 Å². The monoisotopic (exact) mass is 295 g/mol. The lowest BCUT2D eigenvalue weighted by Crippen LogP contribution is -2.40. The van der Waals surface area contributed by atoms with Crippen molar-refractivity contribution in [2.75, 3.05) is 6.54 Å². The lowest BCUT2D eigenvalue weighted by molar-refractivity contribution is 0.0569. The van der Waals surface area contributed by atoms with Crippen LogP contribution in [0.4, 0.5) is 4.79 Å². The minimum atomic E-state index is -0.850. The maximum Gasteiger partial charge on any atom is 0.411 e. The average Bonchev–Trinajstić information content (AvgIpc) is 3.07. The summed E-state index contributed by atoms with van der Waals surface area (Å²) >= 11 is 0. The van der Waals surface area contributed by atoms with Crippen molar-refractivity contribution >= 4 is 6.09 Å². The van der Waals surface area contributed by atoms with Crippen LogP contribution in [0.2, 0.25) is 0 Å². The molecule has 2 aliphatic heterocycles. The van der Waals surface area contributed by atoms with Gasteiger partial charge in [-0.05, 0) is 0 Å². The van der Waals surface area contributed by atoms with Crippen LogP contribution < -0.4 is 0 Å². The molecule has 2 atom stereocenters. The number of nitrogens with zero attached hydrogens (tertiary/aromatic N) is 1. The number of rotatable bonds is 2. The number of benzene rings is 2. The van der Waals surface area contributed by atoms with E-state index in [-0.39, 0.29) is 12.1 Å². The number of carbonyl (C=O) groups is 1. The number of carbonyl (C=O) groups excluding carboxylic acids is 1. The van der Waals surface area contributed by atoms with Gasteiger partial charge in [0.2, 0.25) is 0 Å². The van der Waals surface area contributed by atoms with Crippen LogP contribution in [0.15, 0.2) is 60.7 Å². The van der Waals surface area contributed by atoms with E-state index in [1.165, 1.54) is 0 Å². The van der Waals surface area contributed by atoms with Gasteiger partial charge in [0.15, 0.2) is 5.60 Å². The molecule has 2 aromatic carbocycles. The zero-order valence-corrected chi connectivity index (χ0v) is 12.1. The molecule has 22 heavy (non-hydrogen) atoms. The Morgan fingerprint density at radius 1 is 1.00 bits per heavy atom. The second-order valence-electron chi connectivity index (χ2n) is 5.89. The summed E-state index contributed by atoms with van der Waals surface area (Å²) in [6, 6.07) is 19.4. The second-order valence-corrected chi connectivity index (χ2v) is 5.89. The van der Waals surface area contributed by atoms with E-state index < -0.39 is 11.7 Å². The quantitative estimate of drug-likeness (QED) is 0.926. The number of aliphatic hydroxyl groups excluding tert-OH is 1. The van der Waals surface area contributed by atoms with Crippen molar-refractivity contribution in [2.45, 2.75) is 24.2 Å². The molecule has 4 heteroatoms. The van der Waals surface area contributed by atoms with Gasteiger partial charge >= 0.3 is 6.09 Å². The zero-order valence-electron chi connectivity index (χ0n) is 12.1. The van der Waals surface area contributed by atoms with Crippen molar-refractivity contribution in [1.29, 1.82) is 0 Å². The summed E-state index contributed by atoms with van der Waals surface area (Å²) < 4.78 is 5.91. The lowest BCUT2D eigenvalue weighted by atomic mass is 9.79. The summed E-state index contributed by atoms with van der Waals surface area (Å²) in [5, 5.41) is 10.0. The average molecular weight is 295 g/mol. The third-order valence-corrected chi connectivity index (χ3v) is 4.64. The van der Waals surface area contributed by atoms with Gasteiger partial charge in [-0.1, -0.05) is 60.7 Å². The molecular weight excluding hydrogens is 278 g/mol. The summed E-state index contributed by atoms with van der Waals surface area (Å²) in [5.41, 5.74) is 1.03. The number of aliphatic hydroxyl groups is 1. The molecule has 0 aliphatic carbocycles. The number of cyclic esters (lactones) is 1. The molecule has 2 saturated heterocycles. The van der Waals surface area contributed by atoms with Gasteiger partial charge in [-0.2, -0.15) is 0 Å². The Hall–Kier alpha value is -2.33. The fourth-order valence-corrected chi connectivity index (χ4v) is 3.71. The van der Waals surface area contributed by atoms with Crippen LogP contribution in [0.5, 0.6) is 0 Å². The van der Waals surface area contributed by atoms with Crippen molar-refractivity contribution in [3.63, 3.8) is 0 Å². The smallest absolute Gasteiger partial charge is 0.411 e. The van der Waals surface area contributed by atoms with Gasteiger partial charge in [-0.25, -0.2) is 4.79 Å². The van der Waals surface area contributed by atoms with Crippen LogP contribution in [0.1, 0.15) is 17.5 Å². The third kappa shape index (κ3) is 1.77. The normalized spacial score (nSPS) is 25.9. The molecule has 0 unspecified atom stereocenters. The molecule has 0 aromatic heterocycles. The Kier molecular flexibility index (Phi) is 2.94. The fourth-order valence-electron chi connectivity index (χ4n) is 3.71. The lowest BCUT2D eigenvalue weighted by Gasteiger charge is -2.33. The number of hydrogen-bond acceptors (Lipinski definition) is 3. The van der Waals surface area contributed by atoms with E-state index in [4.69, 9.17) is 4.74 Å². The summed E-state index contributed by atoms with van der Waals surface area (Å²) in [5.74, 6) is 0. The number of ether oxygens (including phenoxy) is 1. The van der Waals surface area contributed by atoms with E-state index in [0.29, 0.717) is 13.0 Å². The van der Waals surface area contributed by atoms with E-state index in [0.717, 1.165) is 11.1 Å². The molecule has 0 radical (unpaired) electrons. The van der Waals surface area contributed by atoms with Crippen LogP contribution in [-0.2, 0) is 10.3 Å². The number of amides is 1. The summed E-state index contributed by atoms with van der Waals surface area (Å²) in [6.07, 6.45) is -0.325. The van der Waals surface area contributed by atoms with Gasteiger partial charge in [0.05, 0.1) is 18.7 Å². The first-order chi connectivity index (χ1) is 10.7. The molecule has 0 bridgehead atoms. The SMILES string of the molecule is O=C1OC(c2ccccc2)(c2ccccc2)[C@@H]2C[C@@H](O)CN12. The molecule has 0 saturated carbocycles. The first kappa shape index (κ1) is 13.3. The van der Waals surface area contributed by atoms with Crippen LogP contribution >= 0.6 is 0 Å². The molecule has 2 aliphatic rings. The van der Waals surface area contributed by atoms with Crippen molar-refractivity contribution in [1.82, 2.24) is 4.90 Å². The van der Waals surface area contributed by atoms with E-state index in [2.05, 4.69) is 0 Å². The minimum absolute atomic E-state index is 0.181. The van der Waals surface area contributed by atoms with Crippen molar-refractivity contribution in [3.8, 4) is 0 Å². The molecular formula is C18H17NO3. The third-order valence-electron chi connectivity index (χ3n) is 4.64. The molecule has 1 amide bonds. The number of fused-ring (bicyclic) bond motifs is 1. The zero-order chi connectivity index (χ0) is 15.2. The first-order valence-electron chi connectivity index (χ1n) is 7.50. The molecule has 0 spiro atoms. The van der Waals surface area contributed by atoms with E-state index in [1.54, 1.807) is 4.90 Å². The van der Waals surface area contributed by atoms with Gasteiger partial charge in [-0.3, -0.25) is 4.90 Å². The minimum Gasteiger partial charge on any atom is -0.431 e. The Morgan fingerprint density at radius 2 is 1.55 bits per heavy atom. The topological polar surface area (TPSA) is 49.8 Å². The Morgan fingerprint density at radius 3 is 2.09 bits per heavy atom. The molecule has 2 aromatic rings. The van der Waals surface area contributed by atoms with Gasteiger partial charge in [0, 0.05) is 17.5 Å². The highest BCUT2D eigenvalue weighted by molar-refractivity contribution is 5.74. The molecule has 2 fully saturated rings. The van der Waals surface area contributed by atoms with Crippen molar-refractivity contribution in [3.05, 3.63) is 71.8 Å². The van der Waals surface area contributed by atoms with Gasteiger partial charge in [0.25, 0.3) is 0 Å². The van der Waals surface area contributed by atoms with Crippen LogP contribution in [0.3, 0.4) is 0 Å². The maximum absolute atomic E-state index is 12.4. The van der Waals surface area contributed by atoms with Crippen molar-refractivity contribution in [2.24, 2.45) is 0 Å². The summed E-state index contributed by atoms with van der Waals surface area (Å²) in [6.45, 7) is 0.338. The summed E-state index contributed by atoms with van der Waals surface area (Å²) in [4.78, 5) is 14.0. The number of hydrogen-bond donors (Lipinski definition) is 1. The summed E-state index contributed by atoms with van der Waals surface area (Å²) in [7, 11) is 0. The fraction of sp³-hybridized carbons (Fsp3) is 0.278. The van der Waals surface area contributed by atoms with E-state index >= 15 is 0 Å². The van der Waals surface area contributed by atoms with Crippen molar-refractivity contribution < 1.29 is 14.6 Å². The largest absolute Gasteiger partial charge is 0.431 e. The second kappa shape index (κ2) is 4.85. The van der Waals surface area contributed by atoms with E-state index in [1.807, 2.05) is 60.7 Å². The molecule has 4 rings (SSSR count). The molecule has 112 valence electrons. The van der Waals surface area contributed by atoms with Gasteiger partial charge in [0.1, 0.15) is 0 Å². The van der Waals surface area contributed by atoms with Crippen LogP contribution in [0.25, 0.3) is 0 Å². The van der Waals surface area contributed by atoms with E-state index in [9.17, 15) is 9.90 Å². The molecule has 1 N–H and O–H groups in total. The predicted octanol–water partition coefficient (Wildman–Crippen LogP) is 2.52. The Labute approximate surface area is 128 Å². The molecule has 4 nitrogen and oxygen atoms in total. The Bertz CT molecular complexity index is 646. The first-order valence-corrected chi connectivity index (χ1v) is 7.50. The Balaban J connectivity index is 1.93. The highest BCUT2D eigenvalue weighted by Crippen LogP contribution is 2.48. The van der Waals surface area contributed by atoms with Gasteiger partial charge < -0.3 is 9.84 Å². The standard InChI is InChI=1S/C18H17NO3/c20-15-11-16-18(13-7-3-1-4-8-13,14-9-5-2-6-10-14)22-17(21)19(16)12-15/h1-10,15-16,20H,11-12H2/t15-,16+/m1/s1. The predicted molar refractivity (Wildman–Crippen MR) is 81.3 cm³/mol. The molecule has 2 heterocycles. The highest BCUT2D eigenvalue weighted by atomic mass is 16.6. The van der Waals surface area contributed by atoms with Crippen LogP contribution in [0, 0.1) is 0 Å². The van der Waals surface area contributed by atoms with Crippen LogP contribution in [-0.4, -0.2) is 34.8 Å².